The van der Waals surface area contributed by atoms with Gasteiger partial charge in [0.05, 0.1) is 5.69 Å². The Morgan fingerprint density at radius 3 is 3.00 bits per heavy atom. The number of hydrogen-bond acceptors (Lipinski definition) is 3. The van der Waals surface area contributed by atoms with Gasteiger partial charge in [-0.15, -0.1) is 0 Å². The molecule has 2 rings (SSSR count). The first-order valence-corrected chi connectivity index (χ1v) is 4.69. The number of anilines is 1. The number of carboxylic acids is 1. The van der Waals surface area contributed by atoms with E-state index in [0.717, 1.165) is 18.0 Å². The SMILES string of the molecule is Nc1cc(CC2CC2)nn1CC(=O)O. The first kappa shape index (κ1) is 9.05. The Hall–Kier alpha value is -1.52. The van der Waals surface area contributed by atoms with Crippen LogP contribution in [0.25, 0.3) is 0 Å². The van der Waals surface area contributed by atoms with Crippen LogP contribution in [-0.4, -0.2) is 20.9 Å². The van der Waals surface area contributed by atoms with Crippen molar-refractivity contribution in [2.75, 3.05) is 5.73 Å². The Labute approximate surface area is 81.5 Å². The van der Waals surface area contributed by atoms with Crippen LogP contribution in [0.2, 0.25) is 0 Å². The zero-order chi connectivity index (χ0) is 10.1. The third-order valence-electron chi connectivity index (χ3n) is 2.34. The highest BCUT2D eigenvalue weighted by Crippen LogP contribution is 2.32. The van der Waals surface area contributed by atoms with Gasteiger partial charge in [-0.1, -0.05) is 0 Å². The lowest BCUT2D eigenvalue weighted by Crippen LogP contribution is -2.12. The minimum atomic E-state index is -0.919. The molecule has 1 saturated carbocycles. The van der Waals surface area contributed by atoms with Crippen LogP contribution in [0.15, 0.2) is 6.07 Å². The fraction of sp³-hybridized carbons (Fsp3) is 0.556. The van der Waals surface area contributed by atoms with Gasteiger partial charge in [-0.05, 0) is 25.2 Å². The molecule has 0 radical (unpaired) electrons. The molecule has 3 N–H and O–H groups in total. The number of nitrogens with two attached hydrogens (primary N) is 1. The molecular formula is C9H13N3O2. The van der Waals surface area contributed by atoms with Crippen LogP contribution in [0.5, 0.6) is 0 Å². The van der Waals surface area contributed by atoms with Gasteiger partial charge in [-0.25, -0.2) is 4.68 Å². The lowest BCUT2D eigenvalue weighted by molar-refractivity contribution is -0.137. The Bertz CT molecular complexity index is 355. The summed E-state index contributed by atoms with van der Waals surface area (Å²) in [5.74, 6) is 0.253. The third-order valence-corrected chi connectivity index (χ3v) is 2.34. The molecular weight excluding hydrogens is 182 g/mol. The second kappa shape index (κ2) is 3.32. The monoisotopic (exact) mass is 195 g/mol. The molecule has 1 aliphatic carbocycles. The van der Waals surface area contributed by atoms with Gasteiger partial charge in [-0.2, -0.15) is 5.10 Å². The van der Waals surface area contributed by atoms with Crippen molar-refractivity contribution in [2.45, 2.75) is 25.8 Å². The second-order valence-electron chi connectivity index (χ2n) is 3.76. The fourth-order valence-corrected chi connectivity index (χ4v) is 1.46. The average molecular weight is 195 g/mol. The van der Waals surface area contributed by atoms with Crippen molar-refractivity contribution in [3.05, 3.63) is 11.8 Å². The van der Waals surface area contributed by atoms with E-state index < -0.39 is 5.97 Å². The fourth-order valence-electron chi connectivity index (χ4n) is 1.46. The van der Waals surface area contributed by atoms with Gasteiger partial charge in [0.1, 0.15) is 12.4 Å². The van der Waals surface area contributed by atoms with Gasteiger partial charge in [0.25, 0.3) is 0 Å². The summed E-state index contributed by atoms with van der Waals surface area (Å²) in [6.45, 7) is -0.156. The van der Waals surface area contributed by atoms with Crippen molar-refractivity contribution in [1.82, 2.24) is 9.78 Å². The standard InChI is InChI=1S/C9H13N3O2/c10-8-4-7(3-6-1-2-6)11-12(8)5-9(13)14/h4,6H,1-3,5,10H2,(H,13,14). The summed E-state index contributed by atoms with van der Waals surface area (Å²) in [6.07, 6.45) is 3.44. The van der Waals surface area contributed by atoms with Crippen LogP contribution in [0.4, 0.5) is 5.82 Å². The third kappa shape index (κ3) is 2.04. The van der Waals surface area contributed by atoms with Crippen LogP contribution in [0, 0.1) is 5.92 Å². The Kier molecular flexibility index (Phi) is 2.15. The highest BCUT2D eigenvalue weighted by molar-refractivity contribution is 5.67. The maximum absolute atomic E-state index is 10.4. The molecule has 5 nitrogen and oxygen atoms in total. The summed E-state index contributed by atoms with van der Waals surface area (Å²) in [4.78, 5) is 10.4. The van der Waals surface area contributed by atoms with E-state index in [2.05, 4.69) is 5.10 Å². The van der Waals surface area contributed by atoms with E-state index in [-0.39, 0.29) is 6.54 Å². The number of aromatic nitrogens is 2. The zero-order valence-corrected chi connectivity index (χ0v) is 7.81. The van der Waals surface area contributed by atoms with E-state index >= 15 is 0 Å². The van der Waals surface area contributed by atoms with E-state index in [1.54, 1.807) is 6.07 Å². The number of aliphatic carboxylic acids is 1. The second-order valence-corrected chi connectivity index (χ2v) is 3.76. The van der Waals surface area contributed by atoms with Crippen molar-refractivity contribution in [2.24, 2.45) is 5.92 Å². The van der Waals surface area contributed by atoms with E-state index in [4.69, 9.17) is 10.8 Å². The van der Waals surface area contributed by atoms with E-state index in [9.17, 15) is 4.79 Å². The molecule has 0 atom stereocenters. The largest absolute Gasteiger partial charge is 0.480 e. The van der Waals surface area contributed by atoms with Crippen LogP contribution in [0.3, 0.4) is 0 Å². The quantitative estimate of drug-likeness (QED) is 0.733. The topological polar surface area (TPSA) is 81.1 Å². The first-order chi connectivity index (χ1) is 6.65. The molecule has 1 aromatic rings. The van der Waals surface area contributed by atoms with Crippen molar-refractivity contribution in [3.8, 4) is 0 Å². The minimum absolute atomic E-state index is 0.156. The molecule has 1 heterocycles. The predicted octanol–water partition coefficient (Wildman–Crippen LogP) is 0.502. The molecule has 0 amide bonds. The Morgan fingerprint density at radius 2 is 2.43 bits per heavy atom. The van der Waals surface area contributed by atoms with Crippen LogP contribution < -0.4 is 5.73 Å². The molecule has 1 aliphatic rings. The summed E-state index contributed by atoms with van der Waals surface area (Å²) in [6, 6.07) is 1.77. The molecule has 0 unspecified atom stereocenters. The zero-order valence-electron chi connectivity index (χ0n) is 7.81. The van der Waals surface area contributed by atoms with Crippen molar-refractivity contribution in [3.63, 3.8) is 0 Å². The Morgan fingerprint density at radius 1 is 1.71 bits per heavy atom. The number of rotatable bonds is 4. The average Bonchev–Trinajstić information content (AvgIpc) is 2.79. The summed E-state index contributed by atoms with van der Waals surface area (Å²) in [7, 11) is 0. The number of carbonyl (C=O) groups is 1. The molecule has 0 saturated heterocycles. The number of carboxylic acid groups (broad SMARTS) is 1. The van der Waals surface area contributed by atoms with Crippen molar-refractivity contribution in [1.29, 1.82) is 0 Å². The van der Waals surface area contributed by atoms with E-state index in [0.29, 0.717) is 5.82 Å². The van der Waals surface area contributed by atoms with Crippen molar-refractivity contribution >= 4 is 11.8 Å². The van der Waals surface area contributed by atoms with E-state index in [1.807, 2.05) is 0 Å². The van der Waals surface area contributed by atoms with Gasteiger partial charge in [0.2, 0.25) is 0 Å². The molecule has 1 fully saturated rings. The Balaban J connectivity index is 2.07. The van der Waals surface area contributed by atoms with Crippen LogP contribution in [-0.2, 0) is 17.8 Å². The van der Waals surface area contributed by atoms with Gasteiger partial charge >= 0.3 is 5.97 Å². The molecule has 0 aromatic carbocycles. The number of hydrogen-bond donors (Lipinski definition) is 2. The predicted molar refractivity (Wildman–Crippen MR) is 50.7 cm³/mol. The van der Waals surface area contributed by atoms with Gasteiger partial charge in [0, 0.05) is 6.07 Å². The van der Waals surface area contributed by atoms with Gasteiger partial charge < -0.3 is 10.8 Å². The number of nitrogen functional groups attached to an aromatic ring is 1. The van der Waals surface area contributed by atoms with Gasteiger partial charge in [-0.3, -0.25) is 4.79 Å². The summed E-state index contributed by atoms with van der Waals surface area (Å²) in [5.41, 5.74) is 6.53. The highest BCUT2D eigenvalue weighted by Gasteiger charge is 2.23. The summed E-state index contributed by atoms with van der Waals surface area (Å²) >= 11 is 0. The first-order valence-electron chi connectivity index (χ1n) is 4.69. The maximum atomic E-state index is 10.4. The molecule has 0 bridgehead atoms. The molecule has 5 heteroatoms. The van der Waals surface area contributed by atoms with Crippen molar-refractivity contribution < 1.29 is 9.90 Å². The molecule has 1 aromatic heterocycles. The van der Waals surface area contributed by atoms with Gasteiger partial charge in [0.15, 0.2) is 0 Å². The number of nitrogens with zero attached hydrogens (tertiary/aromatic N) is 2. The van der Waals surface area contributed by atoms with Crippen LogP contribution >= 0.6 is 0 Å². The minimum Gasteiger partial charge on any atom is -0.480 e. The molecule has 14 heavy (non-hydrogen) atoms. The smallest absolute Gasteiger partial charge is 0.325 e. The van der Waals surface area contributed by atoms with Crippen LogP contribution in [0.1, 0.15) is 18.5 Å². The maximum Gasteiger partial charge on any atom is 0.325 e. The highest BCUT2D eigenvalue weighted by atomic mass is 16.4. The van der Waals surface area contributed by atoms with E-state index in [1.165, 1.54) is 17.5 Å². The molecule has 0 aliphatic heterocycles. The lowest BCUT2D eigenvalue weighted by atomic mass is 10.2. The lowest BCUT2D eigenvalue weighted by Gasteiger charge is -1.97. The summed E-state index contributed by atoms with van der Waals surface area (Å²) < 4.78 is 1.33. The molecule has 76 valence electrons. The summed E-state index contributed by atoms with van der Waals surface area (Å²) in [5, 5.41) is 12.7. The molecule has 0 spiro atoms. The normalized spacial score (nSPS) is 15.7.